The topological polar surface area (TPSA) is 76.7 Å². The first-order chi connectivity index (χ1) is 12.4. The fraction of sp³-hybridized carbons (Fsp3) is 0.600. The van der Waals surface area contributed by atoms with Gasteiger partial charge in [0, 0.05) is 30.4 Å². The standard InChI is InChI=1S/C20H26N2O4/c1-11(2)21-18(23)16-8-13-5-4-12(16)10-20(13)22-19(24)15-7-6-14(25-3)9-17(15)26-20/h6-7,9,11-13,16H,4-5,8,10H2,1-3H3,(H,21,23)(H,22,24)/t12-,13+,16+,20-/m1/s1. The number of carbonyl (C=O) groups is 2. The van der Waals surface area contributed by atoms with Gasteiger partial charge in [0.1, 0.15) is 11.5 Å². The molecule has 1 aromatic rings. The van der Waals surface area contributed by atoms with E-state index in [9.17, 15) is 9.59 Å². The van der Waals surface area contributed by atoms with Crippen LogP contribution in [0, 0.1) is 17.8 Å². The Hall–Kier alpha value is -2.24. The lowest BCUT2D eigenvalue weighted by Crippen LogP contribution is -2.67. The van der Waals surface area contributed by atoms with Crippen LogP contribution in [0.3, 0.4) is 0 Å². The Bertz CT molecular complexity index is 747. The summed E-state index contributed by atoms with van der Waals surface area (Å²) in [7, 11) is 1.60. The maximum atomic E-state index is 12.7. The van der Waals surface area contributed by atoms with Crippen LogP contribution in [-0.4, -0.2) is 30.7 Å². The zero-order valence-electron chi connectivity index (χ0n) is 15.5. The third-order valence-corrected chi connectivity index (χ3v) is 6.04. The van der Waals surface area contributed by atoms with Gasteiger partial charge in [-0.15, -0.1) is 0 Å². The highest BCUT2D eigenvalue weighted by Crippen LogP contribution is 2.52. The molecule has 0 aromatic heterocycles. The van der Waals surface area contributed by atoms with Crippen LogP contribution >= 0.6 is 0 Å². The summed E-state index contributed by atoms with van der Waals surface area (Å²) in [5.74, 6) is 1.64. The Morgan fingerprint density at radius 1 is 1.38 bits per heavy atom. The number of nitrogens with one attached hydrogen (secondary N) is 2. The molecule has 3 fully saturated rings. The molecule has 1 heterocycles. The second kappa shape index (κ2) is 6.18. The number of ether oxygens (including phenoxy) is 2. The second-order valence-electron chi connectivity index (χ2n) is 8.05. The van der Waals surface area contributed by atoms with Crippen molar-refractivity contribution in [2.45, 2.75) is 51.3 Å². The molecule has 0 unspecified atom stereocenters. The van der Waals surface area contributed by atoms with Crippen LogP contribution < -0.4 is 20.1 Å². The first kappa shape index (κ1) is 17.2. The maximum Gasteiger partial charge on any atom is 0.258 e. The van der Waals surface area contributed by atoms with Gasteiger partial charge in [-0.25, -0.2) is 0 Å². The molecule has 140 valence electrons. The first-order valence-electron chi connectivity index (χ1n) is 9.42. The van der Waals surface area contributed by atoms with Gasteiger partial charge in [0.05, 0.1) is 12.7 Å². The highest BCUT2D eigenvalue weighted by Gasteiger charge is 2.57. The number of rotatable bonds is 3. The lowest BCUT2D eigenvalue weighted by molar-refractivity contribution is -0.147. The van der Waals surface area contributed by atoms with Crippen LogP contribution in [0.15, 0.2) is 18.2 Å². The minimum absolute atomic E-state index is 0.00832. The zero-order chi connectivity index (χ0) is 18.5. The SMILES string of the molecule is COc1ccc2c(c1)O[C@@]1(C[C@H]3CC[C@H]1C[C@@H]3C(=O)NC(C)C)NC2=O. The number of fused-ring (bicyclic) bond motifs is 3. The molecule has 5 rings (SSSR count). The number of benzene rings is 1. The van der Waals surface area contributed by atoms with Gasteiger partial charge in [-0.05, 0) is 51.2 Å². The highest BCUT2D eigenvalue weighted by atomic mass is 16.5. The van der Waals surface area contributed by atoms with E-state index in [-0.39, 0.29) is 35.6 Å². The Morgan fingerprint density at radius 2 is 2.19 bits per heavy atom. The van der Waals surface area contributed by atoms with E-state index in [2.05, 4.69) is 10.6 Å². The molecular formula is C20H26N2O4. The summed E-state index contributed by atoms with van der Waals surface area (Å²) in [6.07, 6.45) is 3.40. The number of amides is 2. The fourth-order valence-electron chi connectivity index (χ4n) is 4.83. The van der Waals surface area contributed by atoms with Gasteiger partial charge in [-0.3, -0.25) is 9.59 Å². The predicted octanol–water partition coefficient (Wildman–Crippen LogP) is 2.47. The lowest BCUT2D eigenvalue weighted by Gasteiger charge is -2.55. The summed E-state index contributed by atoms with van der Waals surface area (Å²) in [5, 5.41) is 6.17. The lowest BCUT2D eigenvalue weighted by atomic mass is 9.60. The molecule has 3 saturated carbocycles. The normalized spacial score (nSPS) is 32.0. The molecule has 0 saturated heterocycles. The van der Waals surface area contributed by atoms with Crippen LogP contribution in [0.5, 0.6) is 11.5 Å². The number of methoxy groups -OCH3 is 1. The third kappa shape index (κ3) is 2.72. The molecular weight excluding hydrogens is 332 g/mol. The molecule has 2 bridgehead atoms. The van der Waals surface area contributed by atoms with E-state index in [0.29, 0.717) is 23.5 Å². The van der Waals surface area contributed by atoms with Crippen molar-refractivity contribution in [2.24, 2.45) is 17.8 Å². The van der Waals surface area contributed by atoms with Crippen molar-refractivity contribution in [2.75, 3.05) is 7.11 Å². The molecule has 3 aliphatic carbocycles. The molecule has 2 N–H and O–H groups in total. The Kier molecular flexibility index (Phi) is 4.09. The van der Waals surface area contributed by atoms with Gasteiger partial charge >= 0.3 is 0 Å². The largest absolute Gasteiger partial charge is 0.497 e. The van der Waals surface area contributed by atoms with Crippen molar-refractivity contribution in [1.29, 1.82) is 0 Å². The van der Waals surface area contributed by atoms with Gasteiger partial charge in [0.15, 0.2) is 5.72 Å². The molecule has 0 radical (unpaired) electrons. The Labute approximate surface area is 153 Å². The van der Waals surface area contributed by atoms with E-state index < -0.39 is 5.72 Å². The summed E-state index contributed by atoms with van der Waals surface area (Å²) in [5.41, 5.74) is -0.166. The number of hydrogen-bond donors (Lipinski definition) is 2. The van der Waals surface area contributed by atoms with E-state index >= 15 is 0 Å². The van der Waals surface area contributed by atoms with Gasteiger partial charge in [-0.1, -0.05) is 0 Å². The van der Waals surface area contributed by atoms with Crippen molar-refractivity contribution in [1.82, 2.24) is 10.6 Å². The van der Waals surface area contributed by atoms with Crippen molar-refractivity contribution >= 4 is 11.8 Å². The van der Waals surface area contributed by atoms with Crippen molar-refractivity contribution < 1.29 is 19.1 Å². The van der Waals surface area contributed by atoms with Crippen LogP contribution in [0.25, 0.3) is 0 Å². The van der Waals surface area contributed by atoms with Crippen LogP contribution in [-0.2, 0) is 4.79 Å². The van der Waals surface area contributed by atoms with Gasteiger partial charge in [0.2, 0.25) is 5.91 Å². The zero-order valence-corrected chi connectivity index (χ0v) is 15.5. The third-order valence-electron chi connectivity index (χ3n) is 6.04. The number of hydrogen-bond acceptors (Lipinski definition) is 4. The van der Waals surface area contributed by atoms with E-state index in [4.69, 9.17) is 9.47 Å². The van der Waals surface area contributed by atoms with E-state index in [1.165, 1.54) is 0 Å². The Morgan fingerprint density at radius 3 is 2.85 bits per heavy atom. The van der Waals surface area contributed by atoms with Crippen molar-refractivity contribution in [3.8, 4) is 11.5 Å². The number of carbonyl (C=O) groups excluding carboxylic acids is 2. The average molecular weight is 358 g/mol. The van der Waals surface area contributed by atoms with E-state index in [1.807, 2.05) is 13.8 Å². The summed E-state index contributed by atoms with van der Waals surface area (Å²) in [6, 6.07) is 5.41. The van der Waals surface area contributed by atoms with Crippen LogP contribution in [0.4, 0.5) is 0 Å². The molecule has 26 heavy (non-hydrogen) atoms. The molecule has 4 atom stereocenters. The van der Waals surface area contributed by atoms with Crippen LogP contribution in [0.1, 0.15) is 49.9 Å². The van der Waals surface area contributed by atoms with Gasteiger partial charge < -0.3 is 20.1 Å². The average Bonchev–Trinajstić information content (AvgIpc) is 2.60. The molecule has 2 amide bonds. The van der Waals surface area contributed by atoms with E-state index in [0.717, 1.165) is 19.3 Å². The van der Waals surface area contributed by atoms with Crippen molar-refractivity contribution in [3.63, 3.8) is 0 Å². The van der Waals surface area contributed by atoms with Crippen molar-refractivity contribution in [3.05, 3.63) is 23.8 Å². The van der Waals surface area contributed by atoms with E-state index in [1.54, 1.807) is 25.3 Å². The summed E-state index contributed by atoms with van der Waals surface area (Å²) in [6.45, 7) is 3.96. The second-order valence-corrected chi connectivity index (χ2v) is 8.05. The molecule has 1 aromatic carbocycles. The minimum atomic E-state index is -0.700. The molecule has 4 aliphatic rings. The fourth-order valence-corrected chi connectivity index (χ4v) is 4.83. The van der Waals surface area contributed by atoms with Crippen LogP contribution in [0.2, 0.25) is 0 Å². The summed E-state index contributed by atoms with van der Waals surface area (Å²) >= 11 is 0. The summed E-state index contributed by atoms with van der Waals surface area (Å²) in [4.78, 5) is 25.2. The predicted molar refractivity (Wildman–Crippen MR) is 96.0 cm³/mol. The molecule has 1 aliphatic heterocycles. The molecule has 6 heteroatoms. The molecule has 6 nitrogen and oxygen atoms in total. The molecule has 1 spiro atoms. The smallest absolute Gasteiger partial charge is 0.258 e. The Balaban J connectivity index is 1.59. The minimum Gasteiger partial charge on any atom is -0.497 e. The van der Waals surface area contributed by atoms with Gasteiger partial charge in [-0.2, -0.15) is 0 Å². The highest BCUT2D eigenvalue weighted by molar-refractivity contribution is 5.98. The summed E-state index contributed by atoms with van der Waals surface area (Å²) < 4.78 is 11.6. The first-order valence-corrected chi connectivity index (χ1v) is 9.42. The van der Waals surface area contributed by atoms with Gasteiger partial charge in [0.25, 0.3) is 5.91 Å². The maximum absolute atomic E-state index is 12.7. The quantitative estimate of drug-likeness (QED) is 0.870. The monoisotopic (exact) mass is 358 g/mol.